The fourth-order valence-corrected chi connectivity index (χ4v) is 3.49. The van der Waals surface area contributed by atoms with E-state index < -0.39 is 0 Å². The van der Waals surface area contributed by atoms with E-state index in [0.717, 1.165) is 35.2 Å². The molecule has 0 fully saturated rings. The van der Waals surface area contributed by atoms with E-state index in [1.807, 2.05) is 6.08 Å². The molecule has 0 saturated carbocycles. The Kier molecular flexibility index (Phi) is 5.27. The Labute approximate surface area is 156 Å². The first-order valence-electron chi connectivity index (χ1n) is 9.21. The second-order valence-electron chi connectivity index (χ2n) is 7.01. The van der Waals surface area contributed by atoms with E-state index >= 15 is 0 Å². The maximum Gasteiger partial charge on any atom is 0.0464 e. The van der Waals surface area contributed by atoms with E-state index in [1.165, 1.54) is 27.6 Å². The molecule has 0 spiro atoms. The minimum atomic E-state index is 0.936. The Morgan fingerprint density at radius 2 is 1.77 bits per heavy atom. The summed E-state index contributed by atoms with van der Waals surface area (Å²) in [7, 11) is 0. The van der Waals surface area contributed by atoms with Crippen molar-refractivity contribution in [1.29, 1.82) is 0 Å². The highest BCUT2D eigenvalue weighted by atomic mass is 14.7. The molecule has 3 rings (SSSR count). The number of nitrogens with one attached hydrogen (secondary N) is 1. The van der Waals surface area contributed by atoms with Gasteiger partial charge in [-0.2, -0.15) is 0 Å². The number of fused-ring (bicyclic) bond motifs is 1. The van der Waals surface area contributed by atoms with Gasteiger partial charge in [-0.3, -0.25) is 0 Å². The highest BCUT2D eigenvalue weighted by Crippen LogP contribution is 2.29. The Morgan fingerprint density at radius 1 is 1.04 bits per heavy atom. The highest BCUT2D eigenvalue weighted by molar-refractivity contribution is 5.91. The number of benzene rings is 2. The molecule has 26 heavy (non-hydrogen) atoms. The number of aromatic nitrogens is 1. The van der Waals surface area contributed by atoms with E-state index in [2.05, 4.69) is 87.4 Å². The molecule has 0 unspecified atom stereocenters. The van der Waals surface area contributed by atoms with Crippen LogP contribution in [0.3, 0.4) is 0 Å². The van der Waals surface area contributed by atoms with E-state index in [4.69, 9.17) is 0 Å². The van der Waals surface area contributed by atoms with Gasteiger partial charge < -0.3 is 4.98 Å². The molecule has 0 amide bonds. The van der Waals surface area contributed by atoms with Gasteiger partial charge in [0, 0.05) is 16.6 Å². The number of hydrogen-bond acceptors (Lipinski definition) is 0. The molecule has 1 N–H and O–H groups in total. The van der Waals surface area contributed by atoms with Crippen molar-refractivity contribution in [3.8, 4) is 0 Å². The topological polar surface area (TPSA) is 15.8 Å². The first-order chi connectivity index (χ1) is 12.5. The molecule has 0 radical (unpaired) electrons. The summed E-state index contributed by atoms with van der Waals surface area (Å²) in [5.41, 5.74) is 9.62. The molecule has 1 heterocycles. The van der Waals surface area contributed by atoms with Crippen molar-refractivity contribution in [3.63, 3.8) is 0 Å². The van der Waals surface area contributed by atoms with Crippen LogP contribution in [0.15, 0.2) is 78.9 Å². The summed E-state index contributed by atoms with van der Waals surface area (Å²) < 4.78 is 0. The first kappa shape index (κ1) is 18.0. The molecule has 0 atom stereocenters. The largest absolute Gasteiger partial charge is 0.355 e. The van der Waals surface area contributed by atoms with Crippen molar-refractivity contribution in [3.05, 3.63) is 101 Å². The molecule has 0 bridgehead atoms. The molecule has 3 aromatic rings. The number of rotatable bonds is 6. The van der Waals surface area contributed by atoms with Crippen LogP contribution in [0.2, 0.25) is 0 Å². The molecule has 1 nitrogen and oxygen atoms in total. The predicted octanol–water partition coefficient (Wildman–Crippen LogP) is 6.86. The van der Waals surface area contributed by atoms with Gasteiger partial charge in [0.05, 0.1) is 0 Å². The minimum Gasteiger partial charge on any atom is -0.355 e. The molecule has 2 aromatic carbocycles. The van der Waals surface area contributed by atoms with Crippen molar-refractivity contribution in [2.24, 2.45) is 0 Å². The number of hydrogen-bond donors (Lipinski definition) is 1. The van der Waals surface area contributed by atoms with Gasteiger partial charge in [-0.1, -0.05) is 68.1 Å². The summed E-state index contributed by atoms with van der Waals surface area (Å²) in [5.74, 6) is 0. The zero-order valence-electron chi connectivity index (χ0n) is 16.0. The van der Waals surface area contributed by atoms with E-state index in [-0.39, 0.29) is 0 Å². The quantitative estimate of drug-likeness (QED) is 0.472. The van der Waals surface area contributed by atoms with Crippen molar-refractivity contribution >= 4 is 16.5 Å². The third-order valence-electron chi connectivity index (χ3n) is 4.94. The molecule has 132 valence electrons. The van der Waals surface area contributed by atoms with Crippen LogP contribution in [0.5, 0.6) is 0 Å². The van der Waals surface area contributed by atoms with E-state index in [1.54, 1.807) is 0 Å². The van der Waals surface area contributed by atoms with Gasteiger partial charge in [0.2, 0.25) is 0 Å². The zero-order valence-corrected chi connectivity index (χ0v) is 16.0. The SMILES string of the molecule is C=CC(C(=C)c1cc2c(Cc3cccc(CC)c3)cccc2[nH]1)=C(C)C. The normalized spacial score (nSPS) is 10.7. The molecular weight excluding hydrogens is 314 g/mol. The van der Waals surface area contributed by atoms with Crippen molar-refractivity contribution in [1.82, 2.24) is 4.98 Å². The monoisotopic (exact) mass is 341 g/mol. The Morgan fingerprint density at radius 3 is 2.46 bits per heavy atom. The summed E-state index contributed by atoms with van der Waals surface area (Å²) in [6, 6.07) is 17.6. The number of H-pyrrole nitrogens is 1. The predicted molar refractivity (Wildman–Crippen MR) is 115 cm³/mol. The summed E-state index contributed by atoms with van der Waals surface area (Å²) >= 11 is 0. The lowest BCUT2D eigenvalue weighted by Crippen LogP contribution is -1.90. The standard InChI is InChI=1S/C25H27N/c1-6-19-10-8-11-20(14-19)15-21-12-9-13-24-23(21)16-25(26-24)18(5)22(7-2)17(3)4/h7-14,16,26H,2,5-6,15H2,1,3-4H3. The summed E-state index contributed by atoms with van der Waals surface area (Å²) in [5, 5.41) is 1.27. The molecule has 0 aliphatic carbocycles. The summed E-state index contributed by atoms with van der Waals surface area (Å²) in [6.45, 7) is 14.6. The van der Waals surface area contributed by atoms with E-state index in [0.29, 0.717) is 0 Å². The van der Waals surface area contributed by atoms with Gasteiger partial charge >= 0.3 is 0 Å². The van der Waals surface area contributed by atoms with Crippen LogP contribution in [0, 0.1) is 0 Å². The van der Waals surface area contributed by atoms with Crippen LogP contribution >= 0.6 is 0 Å². The first-order valence-corrected chi connectivity index (χ1v) is 9.21. The lowest BCUT2D eigenvalue weighted by Gasteiger charge is -2.07. The fraction of sp³-hybridized carbons (Fsp3) is 0.200. The third kappa shape index (κ3) is 3.57. The van der Waals surface area contributed by atoms with Gasteiger partial charge in [-0.25, -0.2) is 0 Å². The average Bonchev–Trinajstić information content (AvgIpc) is 3.07. The number of allylic oxidation sites excluding steroid dienone is 4. The van der Waals surface area contributed by atoms with Gasteiger partial charge in [-0.15, -0.1) is 0 Å². The molecule has 1 heteroatoms. The molecule has 0 aliphatic rings. The van der Waals surface area contributed by atoms with Crippen molar-refractivity contribution < 1.29 is 0 Å². The second kappa shape index (κ2) is 7.61. The van der Waals surface area contributed by atoms with Crippen LogP contribution < -0.4 is 0 Å². The lowest BCUT2D eigenvalue weighted by atomic mass is 9.98. The van der Waals surface area contributed by atoms with Crippen LogP contribution in [-0.2, 0) is 12.8 Å². The Bertz CT molecular complexity index is 994. The fourth-order valence-electron chi connectivity index (χ4n) is 3.49. The van der Waals surface area contributed by atoms with Crippen LogP contribution in [0.1, 0.15) is 43.2 Å². The molecular formula is C25H27N. The maximum absolute atomic E-state index is 4.29. The van der Waals surface area contributed by atoms with Gasteiger partial charge in [0.1, 0.15) is 0 Å². The van der Waals surface area contributed by atoms with Gasteiger partial charge in [0.15, 0.2) is 0 Å². The second-order valence-corrected chi connectivity index (χ2v) is 7.01. The Balaban J connectivity index is 2.01. The Hall–Kier alpha value is -2.80. The molecule has 0 saturated heterocycles. The van der Waals surface area contributed by atoms with Gasteiger partial charge in [-0.05, 0) is 66.7 Å². The van der Waals surface area contributed by atoms with Gasteiger partial charge in [0.25, 0.3) is 0 Å². The number of aromatic amines is 1. The summed E-state index contributed by atoms with van der Waals surface area (Å²) in [4.78, 5) is 3.53. The third-order valence-corrected chi connectivity index (χ3v) is 4.94. The smallest absolute Gasteiger partial charge is 0.0464 e. The number of aryl methyl sites for hydroxylation is 1. The lowest BCUT2D eigenvalue weighted by molar-refractivity contribution is 1.11. The van der Waals surface area contributed by atoms with Crippen LogP contribution in [0.4, 0.5) is 0 Å². The highest BCUT2D eigenvalue weighted by Gasteiger charge is 2.11. The summed E-state index contributed by atoms with van der Waals surface area (Å²) in [6.07, 6.45) is 3.89. The van der Waals surface area contributed by atoms with Crippen LogP contribution in [-0.4, -0.2) is 4.98 Å². The van der Waals surface area contributed by atoms with Crippen LogP contribution in [0.25, 0.3) is 16.5 Å². The minimum absolute atomic E-state index is 0.936. The average molecular weight is 341 g/mol. The molecule has 0 aliphatic heterocycles. The molecule has 1 aromatic heterocycles. The zero-order chi connectivity index (χ0) is 18.7. The van der Waals surface area contributed by atoms with Crippen molar-refractivity contribution in [2.75, 3.05) is 0 Å². The van der Waals surface area contributed by atoms with E-state index in [9.17, 15) is 0 Å². The maximum atomic E-state index is 4.29. The van der Waals surface area contributed by atoms with Crippen molar-refractivity contribution in [2.45, 2.75) is 33.6 Å².